The highest BCUT2D eigenvalue weighted by atomic mass is 16.3. The molecule has 2 aliphatic carbocycles. The summed E-state index contributed by atoms with van der Waals surface area (Å²) in [7, 11) is 0. The maximum absolute atomic E-state index is 13.0. The number of aliphatic hydroxyl groups is 1. The van der Waals surface area contributed by atoms with E-state index in [1.165, 1.54) is 0 Å². The molecule has 2 fully saturated rings. The lowest BCUT2D eigenvalue weighted by Gasteiger charge is -2.36. The van der Waals surface area contributed by atoms with Gasteiger partial charge in [0, 0.05) is 6.42 Å². The molecule has 0 heterocycles. The predicted octanol–water partition coefficient (Wildman–Crippen LogP) is 2.23. The molecule has 2 bridgehead atoms. The summed E-state index contributed by atoms with van der Waals surface area (Å²) in [5.74, 6) is 0.149. The lowest BCUT2D eigenvalue weighted by Crippen LogP contribution is -2.51. The van der Waals surface area contributed by atoms with Crippen molar-refractivity contribution < 1.29 is 14.7 Å². The van der Waals surface area contributed by atoms with Crippen LogP contribution in [0.1, 0.15) is 44.7 Å². The number of rotatable bonds is 4. The Morgan fingerprint density at radius 2 is 2.05 bits per heavy atom. The smallest absolute Gasteiger partial charge is 0.234 e. The van der Waals surface area contributed by atoms with E-state index in [4.69, 9.17) is 0 Å². The van der Waals surface area contributed by atoms with Gasteiger partial charge in [-0.3, -0.25) is 9.59 Å². The van der Waals surface area contributed by atoms with Crippen LogP contribution in [0.2, 0.25) is 0 Å². The normalized spacial score (nSPS) is 30.3. The van der Waals surface area contributed by atoms with Crippen molar-refractivity contribution in [3.63, 3.8) is 0 Å². The van der Waals surface area contributed by atoms with Crippen molar-refractivity contribution >= 4 is 11.7 Å². The Balaban J connectivity index is 1.86. The van der Waals surface area contributed by atoms with Gasteiger partial charge in [-0.1, -0.05) is 44.2 Å². The van der Waals surface area contributed by atoms with E-state index in [0.717, 1.165) is 12.0 Å². The molecular weight excluding hydrogens is 278 g/mol. The Morgan fingerprint density at radius 3 is 2.55 bits per heavy atom. The molecule has 118 valence electrons. The summed E-state index contributed by atoms with van der Waals surface area (Å²) in [6.07, 6.45) is 2.07. The Bertz CT molecular complexity index is 596. The number of carbonyl (C=O) groups excluding carboxylic acids is 2. The fourth-order valence-electron chi connectivity index (χ4n) is 4.41. The van der Waals surface area contributed by atoms with Crippen LogP contribution in [-0.2, 0) is 9.59 Å². The number of aliphatic hydroxyl groups excluding tert-OH is 1. The lowest BCUT2D eigenvalue weighted by molar-refractivity contribution is -0.145. The molecule has 3 atom stereocenters. The molecule has 0 spiro atoms. The largest absolute Gasteiger partial charge is 0.394 e. The molecule has 2 aliphatic rings. The van der Waals surface area contributed by atoms with Gasteiger partial charge in [0.1, 0.15) is 11.2 Å². The standard InChI is InChI=1S/C18H23NO3/c1-17(2)13-8-9-18(17,15(21)10-13)16(22)19-14(11-20)12-6-4-3-5-7-12/h3-7,13-14,20H,8-11H2,1-2H3,(H,19,22)/t13?,14-,18?/m0/s1. The molecule has 1 amide bonds. The van der Waals surface area contributed by atoms with Gasteiger partial charge in [0.2, 0.25) is 5.91 Å². The molecule has 2 saturated carbocycles. The van der Waals surface area contributed by atoms with E-state index in [9.17, 15) is 14.7 Å². The molecule has 1 aromatic rings. The van der Waals surface area contributed by atoms with Crippen molar-refractivity contribution in [2.75, 3.05) is 6.61 Å². The first kappa shape index (κ1) is 15.2. The van der Waals surface area contributed by atoms with Gasteiger partial charge in [-0.05, 0) is 29.7 Å². The first-order chi connectivity index (χ1) is 10.4. The Labute approximate surface area is 130 Å². The van der Waals surface area contributed by atoms with Crippen molar-refractivity contribution in [3.05, 3.63) is 35.9 Å². The Morgan fingerprint density at radius 1 is 1.36 bits per heavy atom. The maximum atomic E-state index is 13.0. The molecule has 0 aromatic heterocycles. The summed E-state index contributed by atoms with van der Waals surface area (Å²) < 4.78 is 0. The molecule has 1 aromatic carbocycles. The van der Waals surface area contributed by atoms with Gasteiger partial charge >= 0.3 is 0 Å². The van der Waals surface area contributed by atoms with Crippen LogP contribution in [0.5, 0.6) is 0 Å². The average molecular weight is 301 g/mol. The van der Waals surface area contributed by atoms with Gasteiger partial charge < -0.3 is 10.4 Å². The quantitative estimate of drug-likeness (QED) is 0.838. The van der Waals surface area contributed by atoms with Crippen LogP contribution in [0.15, 0.2) is 30.3 Å². The predicted molar refractivity (Wildman–Crippen MR) is 83.0 cm³/mol. The zero-order valence-corrected chi connectivity index (χ0v) is 13.1. The van der Waals surface area contributed by atoms with E-state index < -0.39 is 11.5 Å². The van der Waals surface area contributed by atoms with Gasteiger partial charge in [-0.15, -0.1) is 0 Å². The van der Waals surface area contributed by atoms with Gasteiger partial charge in [0.25, 0.3) is 0 Å². The fraction of sp³-hybridized carbons (Fsp3) is 0.556. The molecule has 0 radical (unpaired) electrons. The number of hydrogen-bond acceptors (Lipinski definition) is 3. The van der Waals surface area contributed by atoms with Gasteiger partial charge in [0.05, 0.1) is 12.6 Å². The molecule has 4 heteroatoms. The van der Waals surface area contributed by atoms with Crippen LogP contribution >= 0.6 is 0 Å². The van der Waals surface area contributed by atoms with Crippen molar-refractivity contribution in [3.8, 4) is 0 Å². The summed E-state index contributed by atoms with van der Waals surface area (Å²) in [5.41, 5.74) is -0.363. The number of Topliss-reactive ketones (excluding diaryl/α,β-unsaturated/α-hetero) is 1. The van der Waals surface area contributed by atoms with Crippen LogP contribution in [0.3, 0.4) is 0 Å². The summed E-state index contributed by atoms with van der Waals surface area (Å²) in [5, 5.41) is 12.6. The Hall–Kier alpha value is -1.68. The number of fused-ring (bicyclic) bond motifs is 2. The first-order valence-electron chi connectivity index (χ1n) is 7.93. The third-order valence-corrected chi connectivity index (χ3v) is 5.97. The minimum atomic E-state index is -0.917. The van der Waals surface area contributed by atoms with E-state index in [1.54, 1.807) is 0 Å². The average Bonchev–Trinajstić information content (AvgIpc) is 2.88. The van der Waals surface area contributed by atoms with E-state index in [-0.39, 0.29) is 23.7 Å². The van der Waals surface area contributed by atoms with Crippen LogP contribution in [-0.4, -0.2) is 23.4 Å². The van der Waals surface area contributed by atoms with Crippen molar-refractivity contribution in [1.29, 1.82) is 0 Å². The van der Waals surface area contributed by atoms with E-state index >= 15 is 0 Å². The zero-order valence-electron chi connectivity index (χ0n) is 13.1. The maximum Gasteiger partial charge on any atom is 0.234 e. The molecule has 22 heavy (non-hydrogen) atoms. The number of amides is 1. The van der Waals surface area contributed by atoms with Crippen molar-refractivity contribution in [2.45, 2.75) is 39.2 Å². The number of nitrogens with one attached hydrogen (secondary N) is 1. The number of hydrogen-bond donors (Lipinski definition) is 2. The first-order valence-corrected chi connectivity index (χ1v) is 7.93. The third-order valence-electron chi connectivity index (χ3n) is 5.97. The topological polar surface area (TPSA) is 66.4 Å². The van der Waals surface area contributed by atoms with Crippen LogP contribution in [0.25, 0.3) is 0 Å². The molecule has 0 saturated heterocycles. The number of benzene rings is 1. The van der Waals surface area contributed by atoms with Gasteiger partial charge in [-0.25, -0.2) is 0 Å². The lowest BCUT2D eigenvalue weighted by atomic mass is 9.68. The molecule has 3 rings (SSSR count). The summed E-state index contributed by atoms with van der Waals surface area (Å²) in [4.78, 5) is 25.4. The summed E-state index contributed by atoms with van der Waals surface area (Å²) in [6, 6.07) is 8.92. The Kier molecular flexibility index (Phi) is 3.60. The van der Waals surface area contributed by atoms with Gasteiger partial charge in [-0.2, -0.15) is 0 Å². The van der Waals surface area contributed by atoms with Crippen LogP contribution in [0.4, 0.5) is 0 Å². The van der Waals surface area contributed by atoms with Crippen molar-refractivity contribution in [2.24, 2.45) is 16.7 Å². The summed E-state index contributed by atoms with van der Waals surface area (Å²) in [6.45, 7) is 3.89. The molecule has 2 N–H and O–H groups in total. The van der Waals surface area contributed by atoms with Crippen LogP contribution < -0.4 is 5.32 Å². The number of carbonyl (C=O) groups is 2. The van der Waals surface area contributed by atoms with E-state index in [2.05, 4.69) is 5.32 Å². The fourth-order valence-corrected chi connectivity index (χ4v) is 4.41. The van der Waals surface area contributed by atoms with Crippen LogP contribution in [0, 0.1) is 16.7 Å². The minimum absolute atomic E-state index is 0.0657. The van der Waals surface area contributed by atoms with E-state index in [1.807, 2.05) is 44.2 Å². The second-order valence-electron chi connectivity index (χ2n) is 7.11. The highest BCUT2D eigenvalue weighted by molar-refractivity contribution is 6.09. The molecule has 2 unspecified atom stereocenters. The van der Waals surface area contributed by atoms with Gasteiger partial charge in [0.15, 0.2) is 0 Å². The van der Waals surface area contributed by atoms with E-state index in [0.29, 0.717) is 18.8 Å². The minimum Gasteiger partial charge on any atom is -0.394 e. The third kappa shape index (κ3) is 1.93. The number of ketones is 1. The monoisotopic (exact) mass is 301 g/mol. The molecular formula is C18H23NO3. The second kappa shape index (κ2) is 5.20. The summed E-state index contributed by atoms with van der Waals surface area (Å²) >= 11 is 0. The molecule has 4 nitrogen and oxygen atoms in total. The zero-order chi connectivity index (χ0) is 16.0. The highest BCUT2D eigenvalue weighted by Crippen LogP contribution is 2.64. The highest BCUT2D eigenvalue weighted by Gasteiger charge is 2.68. The SMILES string of the molecule is CC1(C)C2CCC1(C(=O)N[C@@H](CO)c1ccccc1)C(=O)C2. The molecule has 0 aliphatic heterocycles. The van der Waals surface area contributed by atoms with Crippen molar-refractivity contribution in [1.82, 2.24) is 5.32 Å². The second-order valence-corrected chi connectivity index (χ2v) is 7.11.